The van der Waals surface area contributed by atoms with E-state index >= 15 is 0 Å². The zero-order valence-electron chi connectivity index (χ0n) is 11.6. The number of hydrogen-bond donors (Lipinski definition) is 2. The van der Waals surface area contributed by atoms with Crippen LogP contribution >= 0.6 is 0 Å². The highest BCUT2D eigenvalue weighted by Gasteiger charge is 2.43. The molecule has 0 heterocycles. The van der Waals surface area contributed by atoms with Gasteiger partial charge in [-0.25, -0.2) is 18.0 Å². The van der Waals surface area contributed by atoms with Crippen molar-refractivity contribution in [3.8, 4) is 0 Å². The molecule has 2 N–H and O–H groups in total. The van der Waals surface area contributed by atoms with E-state index in [0.717, 1.165) is 18.2 Å². The van der Waals surface area contributed by atoms with Gasteiger partial charge < -0.3 is 10.4 Å². The molecule has 2 aromatic rings. The number of carboxylic acid groups (broad SMARTS) is 1. The average molecular weight is 345 g/mol. The van der Waals surface area contributed by atoms with E-state index in [4.69, 9.17) is 5.11 Å². The summed E-state index contributed by atoms with van der Waals surface area (Å²) in [5.41, 5.74) is -2.15. The molecule has 24 heavy (non-hydrogen) atoms. The lowest BCUT2D eigenvalue weighted by molar-refractivity contribution is -0.166. The van der Waals surface area contributed by atoms with Crippen LogP contribution in [0.4, 0.5) is 27.6 Å². The van der Waals surface area contributed by atoms with Crippen LogP contribution in [-0.4, -0.2) is 17.0 Å². The maximum atomic E-state index is 13.4. The van der Waals surface area contributed by atoms with Crippen molar-refractivity contribution in [3.63, 3.8) is 0 Å². The highest BCUT2D eigenvalue weighted by molar-refractivity contribution is 6.04. The van der Waals surface area contributed by atoms with E-state index in [-0.39, 0.29) is 5.69 Å². The van der Waals surface area contributed by atoms with E-state index in [0.29, 0.717) is 18.2 Å². The number of halogens is 5. The van der Waals surface area contributed by atoms with Crippen molar-refractivity contribution in [1.29, 1.82) is 0 Å². The third kappa shape index (κ3) is 3.34. The fourth-order valence-electron chi connectivity index (χ4n) is 1.80. The molecule has 0 fully saturated rings. The van der Waals surface area contributed by atoms with Crippen LogP contribution in [0.1, 0.15) is 15.9 Å². The largest absolute Gasteiger partial charge is 0.477 e. The van der Waals surface area contributed by atoms with Gasteiger partial charge in [0.25, 0.3) is 5.91 Å². The van der Waals surface area contributed by atoms with Gasteiger partial charge in [0, 0.05) is 17.3 Å². The molecule has 2 aromatic carbocycles. The summed E-state index contributed by atoms with van der Waals surface area (Å²) in [7, 11) is 0. The second-order valence-corrected chi connectivity index (χ2v) is 4.66. The molecule has 0 radical (unpaired) electrons. The zero-order chi connectivity index (χ0) is 18.1. The van der Waals surface area contributed by atoms with Crippen molar-refractivity contribution >= 4 is 17.6 Å². The minimum Gasteiger partial charge on any atom is -0.477 e. The molecule has 0 atom stereocenters. The Morgan fingerprint density at radius 3 is 2.12 bits per heavy atom. The summed E-state index contributed by atoms with van der Waals surface area (Å²) < 4.78 is 66.2. The second kappa shape index (κ2) is 6.26. The third-order valence-corrected chi connectivity index (χ3v) is 3.01. The van der Waals surface area contributed by atoms with Gasteiger partial charge in [-0.1, -0.05) is 0 Å². The number of rotatable bonds is 4. The molecule has 0 aliphatic rings. The number of carbonyl (C=O) groups excluding carboxylic acids is 1. The molecule has 1 amide bonds. The lowest BCUT2D eigenvalue weighted by atomic mass is 10.0. The number of alkyl halides is 2. The van der Waals surface area contributed by atoms with E-state index in [1.807, 2.05) is 0 Å². The van der Waals surface area contributed by atoms with Gasteiger partial charge in [0.15, 0.2) is 11.6 Å². The topological polar surface area (TPSA) is 66.4 Å². The van der Waals surface area contributed by atoms with Crippen LogP contribution in [0.5, 0.6) is 0 Å². The van der Waals surface area contributed by atoms with Crippen molar-refractivity contribution in [1.82, 2.24) is 0 Å². The highest BCUT2D eigenvalue weighted by Crippen LogP contribution is 2.31. The first kappa shape index (κ1) is 17.4. The molecule has 126 valence electrons. The first-order valence-electron chi connectivity index (χ1n) is 6.30. The molecular weight excluding hydrogens is 337 g/mol. The Kier molecular flexibility index (Phi) is 4.54. The van der Waals surface area contributed by atoms with Crippen LogP contribution in [0.3, 0.4) is 0 Å². The van der Waals surface area contributed by atoms with E-state index in [9.17, 15) is 31.5 Å². The quantitative estimate of drug-likeness (QED) is 0.833. The van der Waals surface area contributed by atoms with Crippen LogP contribution < -0.4 is 5.32 Å². The van der Waals surface area contributed by atoms with Gasteiger partial charge in [-0.05, 0) is 30.3 Å². The highest BCUT2D eigenvalue weighted by atomic mass is 19.3. The predicted octanol–water partition coefficient (Wildman–Crippen LogP) is 3.53. The molecule has 0 aromatic heterocycles. The monoisotopic (exact) mass is 345 g/mol. The molecule has 0 bridgehead atoms. The normalized spacial score (nSPS) is 11.2. The Hall–Kier alpha value is -2.97. The van der Waals surface area contributed by atoms with Gasteiger partial charge in [0.2, 0.25) is 0 Å². The SMILES string of the molecule is O=C(Nc1ccc(F)c(F)c1)c1ccc(F)c(C(F)(F)C(=O)O)c1. The van der Waals surface area contributed by atoms with Crippen molar-refractivity contribution in [2.45, 2.75) is 5.92 Å². The van der Waals surface area contributed by atoms with Crippen LogP contribution in [0.15, 0.2) is 36.4 Å². The summed E-state index contributed by atoms with van der Waals surface area (Å²) in [6.07, 6.45) is 0. The van der Waals surface area contributed by atoms with Crippen molar-refractivity contribution < 1.29 is 36.6 Å². The molecule has 0 saturated carbocycles. The molecule has 0 unspecified atom stereocenters. The number of carbonyl (C=O) groups is 2. The van der Waals surface area contributed by atoms with Crippen LogP contribution in [0, 0.1) is 17.5 Å². The first-order valence-corrected chi connectivity index (χ1v) is 6.30. The van der Waals surface area contributed by atoms with Gasteiger partial charge in [-0.3, -0.25) is 4.79 Å². The standard InChI is InChI=1S/C15H8F5NO3/c16-10-3-1-7(5-9(10)15(19,20)14(23)24)13(22)21-8-2-4-11(17)12(18)6-8/h1-6H,(H,21,22)(H,23,24). The summed E-state index contributed by atoms with van der Waals surface area (Å²) in [6.45, 7) is 0. The van der Waals surface area contributed by atoms with E-state index in [2.05, 4.69) is 5.32 Å². The lowest BCUT2D eigenvalue weighted by Gasteiger charge is -2.14. The Bertz CT molecular complexity index is 823. The molecule has 0 aliphatic carbocycles. The number of benzene rings is 2. The van der Waals surface area contributed by atoms with Crippen LogP contribution in [0.2, 0.25) is 0 Å². The average Bonchev–Trinajstić information content (AvgIpc) is 2.51. The third-order valence-electron chi connectivity index (χ3n) is 3.01. The smallest absolute Gasteiger partial charge is 0.379 e. The number of carboxylic acids is 1. The fraction of sp³-hybridized carbons (Fsp3) is 0.0667. The second-order valence-electron chi connectivity index (χ2n) is 4.66. The summed E-state index contributed by atoms with van der Waals surface area (Å²) in [6, 6.07) is 4.13. The number of nitrogens with one attached hydrogen (secondary N) is 1. The molecule has 0 aliphatic heterocycles. The van der Waals surface area contributed by atoms with E-state index < -0.39 is 46.4 Å². The fourth-order valence-corrected chi connectivity index (χ4v) is 1.80. The van der Waals surface area contributed by atoms with Crippen molar-refractivity contribution in [2.75, 3.05) is 5.32 Å². The van der Waals surface area contributed by atoms with Crippen molar-refractivity contribution in [2.24, 2.45) is 0 Å². The van der Waals surface area contributed by atoms with Crippen LogP contribution in [-0.2, 0) is 10.7 Å². The van der Waals surface area contributed by atoms with Gasteiger partial charge >= 0.3 is 11.9 Å². The Morgan fingerprint density at radius 2 is 1.54 bits per heavy atom. The maximum Gasteiger partial charge on any atom is 0.379 e. The Balaban J connectivity index is 2.33. The number of anilines is 1. The predicted molar refractivity (Wildman–Crippen MR) is 72.2 cm³/mol. The number of hydrogen-bond acceptors (Lipinski definition) is 2. The molecule has 9 heteroatoms. The zero-order valence-corrected chi connectivity index (χ0v) is 11.6. The van der Waals surface area contributed by atoms with E-state index in [1.165, 1.54) is 0 Å². The van der Waals surface area contributed by atoms with Gasteiger partial charge in [-0.15, -0.1) is 0 Å². The first-order chi connectivity index (χ1) is 11.1. The summed E-state index contributed by atoms with van der Waals surface area (Å²) >= 11 is 0. The van der Waals surface area contributed by atoms with E-state index in [1.54, 1.807) is 0 Å². The van der Waals surface area contributed by atoms with Gasteiger partial charge in [0.1, 0.15) is 5.82 Å². The minimum absolute atomic E-state index is 0.172. The number of amides is 1. The maximum absolute atomic E-state index is 13.4. The lowest BCUT2D eigenvalue weighted by Crippen LogP contribution is -2.27. The number of aliphatic carboxylic acids is 1. The Labute approximate surface area is 131 Å². The summed E-state index contributed by atoms with van der Waals surface area (Å²) in [5, 5.41) is 10.5. The molecular formula is C15H8F5NO3. The molecule has 4 nitrogen and oxygen atoms in total. The van der Waals surface area contributed by atoms with Crippen molar-refractivity contribution in [3.05, 3.63) is 65.0 Å². The molecule has 0 saturated heterocycles. The van der Waals surface area contributed by atoms with Gasteiger partial charge in [-0.2, -0.15) is 8.78 Å². The summed E-state index contributed by atoms with van der Waals surface area (Å²) in [5.74, 6) is -12.1. The van der Waals surface area contributed by atoms with Gasteiger partial charge in [0.05, 0.1) is 5.56 Å². The Morgan fingerprint density at radius 1 is 0.917 bits per heavy atom. The molecule has 0 spiro atoms. The minimum atomic E-state index is -4.54. The summed E-state index contributed by atoms with van der Waals surface area (Å²) in [4.78, 5) is 22.4. The molecule has 2 rings (SSSR count). The van der Waals surface area contributed by atoms with Crippen LogP contribution in [0.25, 0.3) is 0 Å².